The second kappa shape index (κ2) is 9.91. The van der Waals surface area contributed by atoms with Gasteiger partial charge in [-0.1, -0.05) is 0 Å². The normalized spacial score (nSPS) is 13.7. The maximum Gasteiger partial charge on any atom is 0.251 e. The van der Waals surface area contributed by atoms with E-state index in [2.05, 4.69) is 10.2 Å². The second-order valence-corrected chi connectivity index (χ2v) is 7.11. The van der Waals surface area contributed by atoms with Gasteiger partial charge in [0.25, 0.3) is 5.91 Å². The van der Waals surface area contributed by atoms with E-state index in [0.717, 1.165) is 5.69 Å². The van der Waals surface area contributed by atoms with Crippen LogP contribution in [0.4, 0.5) is 5.69 Å². The number of ketones is 1. The molecule has 2 aromatic rings. The van der Waals surface area contributed by atoms with Crippen molar-refractivity contribution in [2.45, 2.75) is 13.8 Å². The average molecular weight is 409 g/mol. The summed E-state index contributed by atoms with van der Waals surface area (Å²) >= 11 is 0. The van der Waals surface area contributed by atoms with Crippen LogP contribution < -0.4 is 15.0 Å². The molecule has 0 bridgehead atoms. The molecule has 1 N–H and O–H groups in total. The molecule has 1 saturated heterocycles. The third-order valence-electron chi connectivity index (χ3n) is 5.10. The minimum atomic E-state index is -0.282. The summed E-state index contributed by atoms with van der Waals surface area (Å²) in [6.07, 6.45) is 0. The fourth-order valence-electron chi connectivity index (χ4n) is 3.36. The first kappa shape index (κ1) is 21.4. The highest BCUT2D eigenvalue weighted by molar-refractivity contribution is 5.96. The first-order valence-corrected chi connectivity index (χ1v) is 10.1. The third kappa shape index (κ3) is 5.37. The van der Waals surface area contributed by atoms with Gasteiger partial charge >= 0.3 is 0 Å². The van der Waals surface area contributed by atoms with Gasteiger partial charge in [0.1, 0.15) is 5.75 Å². The van der Waals surface area contributed by atoms with E-state index in [-0.39, 0.29) is 24.1 Å². The van der Waals surface area contributed by atoms with E-state index in [1.54, 1.807) is 36.1 Å². The maximum atomic E-state index is 12.5. The molecule has 30 heavy (non-hydrogen) atoms. The van der Waals surface area contributed by atoms with Crippen molar-refractivity contribution in [2.75, 3.05) is 44.2 Å². The van der Waals surface area contributed by atoms with Crippen LogP contribution in [-0.2, 0) is 4.79 Å². The SMILES string of the molecule is CCOc1ccc(C(=O)NCC(=O)N2CCN(c3ccc(C(C)=O)cc3)CC2)cc1. The summed E-state index contributed by atoms with van der Waals surface area (Å²) < 4.78 is 5.36. The van der Waals surface area contributed by atoms with Gasteiger partial charge < -0.3 is 19.9 Å². The number of rotatable bonds is 7. The van der Waals surface area contributed by atoms with Crippen LogP contribution in [0.1, 0.15) is 34.6 Å². The highest BCUT2D eigenvalue weighted by atomic mass is 16.5. The van der Waals surface area contributed by atoms with Crippen molar-refractivity contribution in [1.29, 1.82) is 0 Å². The Bertz CT molecular complexity index is 886. The van der Waals surface area contributed by atoms with Crippen LogP contribution >= 0.6 is 0 Å². The van der Waals surface area contributed by atoms with Crippen LogP contribution in [0.3, 0.4) is 0 Å². The molecule has 0 radical (unpaired) electrons. The van der Waals surface area contributed by atoms with Crippen LogP contribution in [0, 0.1) is 0 Å². The average Bonchev–Trinajstić information content (AvgIpc) is 2.78. The quantitative estimate of drug-likeness (QED) is 0.711. The Hall–Kier alpha value is -3.35. The maximum absolute atomic E-state index is 12.5. The molecule has 1 heterocycles. The molecule has 2 aromatic carbocycles. The molecule has 3 rings (SSSR count). The van der Waals surface area contributed by atoms with Crippen LogP contribution in [0.25, 0.3) is 0 Å². The summed E-state index contributed by atoms with van der Waals surface area (Å²) in [5.41, 5.74) is 2.22. The lowest BCUT2D eigenvalue weighted by Crippen LogP contribution is -2.51. The molecule has 7 heteroatoms. The fourth-order valence-corrected chi connectivity index (χ4v) is 3.36. The van der Waals surface area contributed by atoms with Crippen LogP contribution in [0.2, 0.25) is 0 Å². The van der Waals surface area contributed by atoms with E-state index >= 15 is 0 Å². The van der Waals surface area contributed by atoms with E-state index in [0.29, 0.717) is 49.7 Å². The standard InChI is InChI=1S/C23H27N3O4/c1-3-30-21-10-6-19(7-11-21)23(29)24-16-22(28)26-14-12-25(13-15-26)20-8-4-18(5-9-20)17(2)27/h4-11H,3,12-16H2,1-2H3,(H,24,29). The molecule has 0 unspecified atom stereocenters. The summed E-state index contributed by atoms with van der Waals surface area (Å²) in [5.74, 6) is 0.375. The molecule has 1 aliphatic rings. The van der Waals surface area contributed by atoms with Gasteiger partial charge in [-0.2, -0.15) is 0 Å². The van der Waals surface area contributed by atoms with Gasteiger partial charge in [-0.3, -0.25) is 14.4 Å². The lowest BCUT2D eigenvalue weighted by molar-refractivity contribution is -0.130. The fraction of sp³-hybridized carbons (Fsp3) is 0.348. The number of carbonyl (C=O) groups is 3. The van der Waals surface area contributed by atoms with E-state index in [9.17, 15) is 14.4 Å². The second-order valence-electron chi connectivity index (χ2n) is 7.11. The van der Waals surface area contributed by atoms with Crippen LogP contribution in [-0.4, -0.2) is 61.8 Å². The van der Waals surface area contributed by atoms with E-state index in [1.165, 1.54) is 0 Å². The van der Waals surface area contributed by atoms with Gasteiger partial charge in [-0.25, -0.2) is 0 Å². The molecule has 0 spiro atoms. The zero-order valence-electron chi connectivity index (χ0n) is 17.4. The zero-order chi connectivity index (χ0) is 21.5. The summed E-state index contributed by atoms with van der Waals surface area (Å²) in [6.45, 7) is 6.58. The summed E-state index contributed by atoms with van der Waals surface area (Å²) in [7, 11) is 0. The number of amides is 2. The first-order valence-electron chi connectivity index (χ1n) is 10.1. The van der Waals surface area contributed by atoms with Gasteiger partial charge in [-0.15, -0.1) is 0 Å². The van der Waals surface area contributed by atoms with Gasteiger partial charge in [0.2, 0.25) is 5.91 Å². The number of hydrogen-bond acceptors (Lipinski definition) is 5. The number of piperazine rings is 1. The molecule has 7 nitrogen and oxygen atoms in total. The molecule has 2 amide bonds. The number of anilines is 1. The topological polar surface area (TPSA) is 79.0 Å². The summed E-state index contributed by atoms with van der Waals surface area (Å²) in [6, 6.07) is 14.4. The minimum Gasteiger partial charge on any atom is -0.494 e. The Morgan fingerprint density at radius 2 is 1.50 bits per heavy atom. The lowest BCUT2D eigenvalue weighted by Gasteiger charge is -2.36. The molecule has 1 aliphatic heterocycles. The molecule has 1 fully saturated rings. The van der Waals surface area contributed by atoms with Crippen molar-refractivity contribution in [1.82, 2.24) is 10.2 Å². The predicted octanol–water partition coefficient (Wildman–Crippen LogP) is 2.37. The minimum absolute atomic E-state index is 0.0284. The van der Waals surface area contributed by atoms with Gasteiger partial charge in [0, 0.05) is 43.0 Å². The molecule has 0 atom stereocenters. The summed E-state index contributed by atoms with van der Waals surface area (Å²) in [4.78, 5) is 40.1. The van der Waals surface area contributed by atoms with Crippen molar-refractivity contribution in [2.24, 2.45) is 0 Å². The highest BCUT2D eigenvalue weighted by Gasteiger charge is 2.21. The smallest absolute Gasteiger partial charge is 0.251 e. The van der Waals surface area contributed by atoms with Gasteiger partial charge in [-0.05, 0) is 62.4 Å². The number of carbonyl (C=O) groups excluding carboxylic acids is 3. The molecule has 0 aromatic heterocycles. The van der Waals surface area contributed by atoms with E-state index in [1.807, 2.05) is 31.2 Å². The van der Waals surface area contributed by atoms with Crippen molar-refractivity contribution < 1.29 is 19.1 Å². The number of nitrogens with zero attached hydrogens (tertiary/aromatic N) is 2. The Morgan fingerprint density at radius 3 is 2.07 bits per heavy atom. The molecule has 0 saturated carbocycles. The van der Waals surface area contributed by atoms with Crippen molar-refractivity contribution in [3.8, 4) is 5.75 Å². The van der Waals surface area contributed by atoms with E-state index in [4.69, 9.17) is 4.74 Å². The Balaban J connectivity index is 1.45. The Labute approximate surface area is 176 Å². The third-order valence-corrected chi connectivity index (χ3v) is 5.10. The number of hydrogen-bond donors (Lipinski definition) is 1. The van der Waals surface area contributed by atoms with E-state index < -0.39 is 0 Å². The first-order chi connectivity index (χ1) is 14.5. The van der Waals surface area contributed by atoms with Crippen molar-refractivity contribution >= 4 is 23.3 Å². The highest BCUT2D eigenvalue weighted by Crippen LogP contribution is 2.18. The van der Waals surface area contributed by atoms with Crippen LogP contribution in [0.5, 0.6) is 5.75 Å². The molecule has 158 valence electrons. The van der Waals surface area contributed by atoms with Crippen molar-refractivity contribution in [3.63, 3.8) is 0 Å². The molecular formula is C23H27N3O4. The van der Waals surface area contributed by atoms with Gasteiger partial charge in [0.05, 0.1) is 13.2 Å². The number of ether oxygens (including phenoxy) is 1. The zero-order valence-corrected chi connectivity index (χ0v) is 17.4. The van der Waals surface area contributed by atoms with Crippen molar-refractivity contribution in [3.05, 3.63) is 59.7 Å². The van der Waals surface area contributed by atoms with Gasteiger partial charge in [0.15, 0.2) is 5.78 Å². The number of Topliss-reactive ketones (excluding diaryl/α,β-unsaturated/α-hetero) is 1. The lowest BCUT2D eigenvalue weighted by atomic mass is 10.1. The Morgan fingerprint density at radius 1 is 0.900 bits per heavy atom. The number of benzene rings is 2. The largest absolute Gasteiger partial charge is 0.494 e. The molecule has 0 aliphatic carbocycles. The Kier molecular flexibility index (Phi) is 7.06. The molecular weight excluding hydrogens is 382 g/mol. The monoisotopic (exact) mass is 409 g/mol. The van der Waals surface area contributed by atoms with Crippen LogP contribution in [0.15, 0.2) is 48.5 Å². The predicted molar refractivity (Wildman–Crippen MR) is 115 cm³/mol. The summed E-state index contributed by atoms with van der Waals surface area (Å²) in [5, 5.41) is 2.69. The number of nitrogens with one attached hydrogen (secondary N) is 1.